The van der Waals surface area contributed by atoms with Gasteiger partial charge in [0.2, 0.25) is 0 Å². The molecule has 0 aliphatic carbocycles. The molecule has 0 saturated heterocycles. The summed E-state index contributed by atoms with van der Waals surface area (Å²) in [6, 6.07) is 3.32. The molecule has 0 aliphatic heterocycles. The summed E-state index contributed by atoms with van der Waals surface area (Å²) in [6.07, 6.45) is 3.05. The number of carbonyl (C=O) groups is 2. The predicted octanol–water partition coefficient (Wildman–Crippen LogP) is -0.121. The zero-order valence-corrected chi connectivity index (χ0v) is 8.90. The molecule has 1 rings (SSSR count). The van der Waals surface area contributed by atoms with Crippen molar-refractivity contribution in [1.82, 2.24) is 15.8 Å². The maximum atomic E-state index is 11.4. The molecular formula is C10H13N3O3. The highest BCUT2D eigenvalue weighted by atomic mass is 16.5. The highest BCUT2D eigenvalue weighted by Crippen LogP contribution is 1.93. The Hall–Kier alpha value is -1.95. The van der Waals surface area contributed by atoms with Crippen LogP contribution in [0.2, 0.25) is 0 Å². The molecule has 0 radical (unpaired) electrons. The van der Waals surface area contributed by atoms with Gasteiger partial charge >= 0.3 is 5.97 Å². The highest BCUT2D eigenvalue weighted by molar-refractivity contribution is 5.93. The highest BCUT2D eigenvalue weighted by Gasteiger charge is 2.03. The van der Waals surface area contributed by atoms with E-state index in [4.69, 9.17) is 0 Å². The number of hydrogen-bond acceptors (Lipinski definition) is 5. The number of pyridine rings is 1. The zero-order valence-electron chi connectivity index (χ0n) is 8.90. The molecule has 1 aromatic rings. The average Bonchev–Trinajstić information content (AvgIpc) is 2.29. The lowest BCUT2D eigenvalue weighted by Gasteiger charge is -2.06. The molecule has 0 spiro atoms. The van der Waals surface area contributed by atoms with Crippen molar-refractivity contribution in [3.63, 3.8) is 0 Å². The first-order valence-electron chi connectivity index (χ1n) is 4.77. The first-order chi connectivity index (χ1) is 7.70. The van der Waals surface area contributed by atoms with Crippen molar-refractivity contribution in [2.45, 2.75) is 6.92 Å². The fourth-order valence-corrected chi connectivity index (χ4v) is 0.958. The number of hydrazine groups is 1. The van der Waals surface area contributed by atoms with E-state index in [0.29, 0.717) is 12.1 Å². The summed E-state index contributed by atoms with van der Waals surface area (Å²) in [6.45, 7) is 1.89. The summed E-state index contributed by atoms with van der Waals surface area (Å²) in [5.74, 6) is -0.628. The minimum absolute atomic E-state index is 0.211. The number of nitrogens with zero attached hydrogens (tertiary/aromatic N) is 1. The van der Waals surface area contributed by atoms with Crippen LogP contribution in [0.25, 0.3) is 0 Å². The van der Waals surface area contributed by atoms with Crippen molar-refractivity contribution < 1.29 is 14.3 Å². The molecule has 0 atom stereocenters. The van der Waals surface area contributed by atoms with Crippen LogP contribution in [0.4, 0.5) is 0 Å². The van der Waals surface area contributed by atoms with E-state index in [0.717, 1.165) is 0 Å². The van der Waals surface area contributed by atoms with Crippen molar-refractivity contribution >= 4 is 11.9 Å². The van der Waals surface area contributed by atoms with E-state index in [-0.39, 0.29) is 18.5 Å². The number of rotatable bonds is 5. The monoisotopic (exact) mass is 223 g/mol. The van der Waals surface area contributed by atoms with Gasteiger partial charge in [0.15, 0.2) is 0 Å². The third-order valence-corrected chi connectivity index (χ3v) is 1.66. The SMILES string of the molecule is CC(=O)OCCNNC(=O)c1cccnc1. The summed E-state index contributed by atoms with van der Waals surface area (Å²) in [5, 5.41) is 0. The summed E-state index contributed by atoms with van der Waals surface area (Å²) in [5.41, 5.74) is 5.55. The van der Waals surface area contributed by atoms with Gasteiger partial charge in [0, 0.05) is 25.9 Å². The number of esters is 1. The fraction of sp³-hybridized carbons (Fsp3) is 0.300. The Morgan fingerprint density at radius 3 is 2.94 bits per heavy atom. The Bertz CT molecular complexity index is 354. The zero-order chi connectivity index (χ0) is 11.8. The lowest BCUT2D eigenvalue weighted by Crippen LogP contribution is -2.39. The molecule has 0 aromatic carbocycles. The Labute approximate surface area is 93.0 Å². The third kappa shape index (κ3) is 4.52. The van der Waals surface area contributed by atoms with Crippen molar-refractivity contribution in [2.24, 2.45) is 0 Å². The van der Waals surface area contributed by atoms with E-state index >= 15 is 0 Å². The Morgan fingerprint density at radius 1 is 1.50 bits per heavy atom. The topological polar surface area (TPSA) is 80.3 Å². The Kier molecular flexibility index (Phi) is 4.94. The number of ether oxygens (including phenoxy) is 1. The van der Waals surface area contributed by atoms with Crippen LogP contribution in [-0.4, -0.2) is 30.0 Å². The molecule has 16 heavy (non-hydrogen) atoms. The van der Waals surface area contributed by atoms with E-state index < -0.39 is 0 Å². The van der Waals surface area contributed by atoms with E-state index in [1.165, 1.54) is 13.1 Å². The van der Waals surface area contributed by atoms with Gasteiger partial charge in [-0.3, -0.25) is 20.0 Å². The smallest absolute Gasteiger partial charge is 0.302 e. The summed E-state index contributed by atoms with van der Waals surface area (Å²) in [4.78, 5) is 25.7. The molecule has 0 unspecified atom stereocenters. The first-order valence-corrected chi connectivity index (χ1v) is 4.77. The van der Waals surface area contributed by atoms with Gasteiger partial charge in [-0.1, -0.05) is 0 Å². The van der Waals surface area contributed by atoms with Gasteiger partial charge in [0.25, 0.3) is 5.91 Å². The minimum Gasteiger partial charge on any atom is -0.464 e. The van der Waals surface area contributed by atoms with Crippen molar-refractivity contribution in [3.8, 4) is 0 Å². The second-order valence-electron chi connectivity index (χ2n) is 2.96. The number of aromatic nitrogens is 1. The second-order valence-corrected chi connectivity index (χ2v) is 2.96. The van der Waals surface area contributed by atoms with Gasteiger partial charge in [-0.05, 0) is 12.1 Å². The quantitative estimate of drug-likeness (QED) is 0.413. The van der Waals surface area contributed by atoms with E-state index in [1.54, 1.807) is 18.3 Å². The van der Waals surface area contributed by atoms with Crippen LogP contribution < -0.4 is 10.9 Å². The lowest BCUT2D eigenvalue weighted by atomic mass is 10.3. The molecule has 1 amide bonds. The van der Waals surface area contributed by atoms with Gasteiger partial charge in [0.05, 0.1) is 5.56 Å². The van der Waals surface area contributed by atoms with Crippen LogP contribution in [0.15, 0.2) is 24.5 Å². The molecule has 6 heteroatoms. The molecule has 1 aromatic heterocycles. The number of nitrogens with one attached hydrogen (secondary N) is 2. The summed E-state index contributed by atoms with van der Waals surface area (Å²) >= 11 is 0. The van der Waals surface area contributed by atoms with Crippen molar-refractivity contribution in [3.05, 3.63) is 30.1 Å². The third-order valence-electron chi connectivity index (χ3n) is 1.66. The van der Waals surface area contributed by atoms with Gasteiger partial charge in [-0.2, -0.15) is 0 Å². The normalized spacial score (nSPS) is 9.56. The largest absolute Gasteiger partial charge is 0.464 e. The standard InChI is InChI=1S/C10H13N3O3/c1-8(14)16-6-5-12-13-10(15)9-3-2-4-11-7-9/h2-4,7,12H,5-6H2,1H3,(H,13,15). The van der Waals surface area contributed by atoms with Gasteiger partial charge in [0.1, 0.15) is 6.61 Å². The van der Waals surface area contributed by atoms with E-state index in [2.05, 4.69) is 20.6 Å². The molecule has 1 heterocycles. The molecule has 0 bridgehead atoms. The number of hydrogen-bond donors (Lipinski definition) is 2. The number of amides is 1. The lowest BCUT2D eigenvalue weighted by molar-refractivity contribution is -0.140. The van der Waals surface area contributed by atoms with Crippen LogP contribution in [0, 0.1) is 0 Å². The molecule has 0 saturated carbocycles. The van der Waals surface area contributed by atoms with Crippen LogP contribution >= 0.6 is 0 Å². The number of carbonyl (C=O) groups excluding carboxylic acids is 2. The van der Waals surface area contributed by atoms with E-state index in [9.17, 15) is 9.59 Å². The Morgan fingerprint density at radius 2 is 2.31 bits per heavy atom. The summed E-state index contributed by atoms with van der Waals surface area (Å²) < 4.78 is 4.66. The maximum absolute atomic E-state index is 11.4. The minimum atomic E-state index is -0.347. The molecule has 0 fully saturated rings. The van der Waals surface area contributed by atoms with E-state index in [1.807, 2.05) is 0 Å². The van der Waals surface area contributed by atoms with Crippen molar-refractivity contribution in [1.29, 1.82) is 0 Å². The molecule has 86 valence electrons. The van der Waals surface area contributed by atoms with Crippen LogP contribution in [0.5, 0.6) is 0 Å². The van der Waals surface area contributed by atoms with Crippen LogP contribution in [0.3, 0.4) is 0 Å². The molecule has 2 N–H and O–H groups in total. The maximum Gasteiger partial charge on any atom is 0.302 e. The van der Waals surface area contributed by atoms with Gasteiger partial charge < -0.3 is 4.74 Å². The van der Waals surface area contributed by atoms with Crippen LogP contribution in [-0.2, 0) is 9.53 Å². The fourth-order valence-electron chi connectivity index (χ4n) is 0.958. The average molecular weight is 223 g/mol. The molecule has 6 nitrogen and oxygen atoms in total. The van der Waals surface area contributed by atoms with Crippen LogP contribution in [0.1, 0.15) is 17.3 Å². The summed E-state index contributed by atoms with van der Waals surface area (Å²) in [7, 11) is 0. The van der Waals surface area contributed by atoms with Crippen molar-refractivity contribution in [2.75, 3.05) is 13.2 Å². The predicted molar refractivity (Wildman–Crippen MR) is 56.3 cm³/mol. The Balaban J connectivity index is 2.19. The first kappa shape index (κ1) is 12.1. The molecule has 0 aliphatic rings. The second kappa shape index (κ2) is 6.52. The van der Waals surface area contributed by atoms with Gasteiger partial charge in [-0.15, -0.1) is 0 Å². The van der Waals surface area contributed by atoms with Gasteiger partial charge in [-0.25, -0.2) is 5.43 Å². The molecular weight excluding hydrogens is 210 g/mol.